The van der Waals surface area contributed by atoms with Crippen LogP contribution in [0.4, 0.5) is 0 Å². The first-order valence-corrected chi connectivity index (χ1v) is 9.29. The molecule has 0 unspecified atom stereocenters. The van der Waals surface area contributed by atoms with Gasteiger partial charge in [0.2, 0.25) is 0 Å². The molecule has 0 saturated heterocycles. The van der Waals surface area contributed by atoms with E-state index in [4.69, 9.17) is 0 Å². The van der Waals surface area contributed by atoms with Gasteiger partial charge in [0.1, 0.15) is 5.69 Å². The van der Waals surface area contributed by atoms with Crippen molar-refractivity contribution < 1.29 is 9.59 Å². The Kier molecular flexibility index (Phi) is 4.90. The first-order chi connectivity index (χ1) is 11.8. The average Bonchev–Trinajstić information content (AvgIpc) is 3.02. The molecule has 1 aliphatic carbocycles. The molecule has 2 amide bonds. The Bertz CT molecular complexity index is 778. The van der Waals surface area contributed by atoms with Gasteiger partial charge in [-0.25, -0.2) is 0 Å². The average molecular weight is 357 g/mol. The van der Waals surface area contributed by atoms with Crippen LogP contribution < -0.4 is 10.9 Å². The lowest BCUT2D eigenvalue weighted by molar-refractivity contribution is 0.0846. The van der Waals surface area contributed by atoms with Crippen molar-refractivity contribution in [3.05, 3.63) is 51.5 Å². The van der Waals surface area contributed by atoms with Gasteiger partial charge < -0.3 is 0 Å². The predicted molar refractivity (Wildman–Crippen MR) is 98.5 cm³/mol. The summed E-state index contributed by atoms with van der Waals surface area (Å²) in [7, 11) is 0. The molecule has 0 aromatic carbocycles. The van der Waals surface area contributed by atoms with Gasteiger partial charge in [0, 0.05) is 11.1 Å². The SMILES string of the molecule is CC(C)(C)[C@H]1CCc2sc(C(=O)NNC(=O)c3ccccn3)cc2C1. The molecule has 2 aromatic rings. The van der Waals surface area contributed by atoms with Gasteiger partial charge >= 0.3 is 0 Å². The van der Waals surface area contributed by atoms with Gasteiger partial charge in [-0.15, -0.1) is 11.3 Å². The number of rotatable bonds is 2. The van der Waals surface area contributed by atoms with Crippen molar-refractivity contribution in [1.82, 2.24) is 15.8 Å². The highest BCUT2D eigenvalue weighted by Gasteiger charge is 2.30. The van der Waals surface area contributed by atoms with Gasteiger partial charge in [-0.2, -0.15) is 0 Å². The lowest BCUT2D eigenvalue weighted by Crippen LogP contribution is -2.41. The highest BCUT2D eigenvalue weighted by molar-refractivity contribution is 7.14. The molecule has 2 aromatic heterocycles. The number of amides is 2. The molecule has 3 rings (SSSR count). The summed E-state index contributed by atoms with van der Waals surface area (Å²) >= 11 is 1.52. The van der Waals surface area contributed by atoms with E-state index in [0.717, 1.165) is 19.3 Å². The second-order valence-corrected chi connectivity index (χ2v) is 8.62. The van der Waals surface area contributed by atoms with Gasteiger partial charge in [0.05, 0.1) is 4.88 Å². The topological polar surface area (TPSA) is 71.1 Å². The van der Waals surface area contributed by atoms with Gasteiger partial charge in [-0.05, 0) is 54.4 Å². The second-order valence-electron chi connectivity index (χ2n) is 7.49. The first kappa shape index (κ1) is 17.6. The Morgan fingerprint density at radius 3 is 2.64 bits per heavy atom. The minimum atomic E-state index is -0.428. The van der Waals surface area contributed by atoms with E-state index in [1.165, 1.54) is 28.0 Å². The molecule has 2 heterocycles. The fraction of sp³-hybridized carbons (Fsp3) is 0.421. The van der Waals surface area contributed by atoms with Crippen LogP contribution in [0.1, 0.15) is 57.8 Å². The van der Waals surface area contributed by atoms with E-state index in [-0.39, 0.29) is 17.0 Å². The van der Waals surface area contributed by atoms with Crippen LogP contribution in [0, 0.1) is 11.3 Å². The van der Waals surface area contributed by atoms with Crippen LogP contribution in [0.2, 0.25) is 0 Å². The van der Waals surface area contributed by atoms with Gasteiger partial charge in [0.25, 0.3) is 11.8 Å². The van der Waals surface area contributed by atoms with Crippen LogP contribution in [-0.2, 0) is 12.8 Å². The van der Waals surface area contributed by atoms with E-state index in [1.54, 1.807) is 18.2 Å². The lowest BCUT2D eigenvalue weighted by Gasteiger charge is -2.33. The number of nitrogens with zero attached hydrogens (tertiary/aromatic N) is 1. The summed E-state index contributed by atoms with van der Waals surface area (Å²) in [5.41, 5.74) is 6.71. The molecular weight excluding hydrogens is 334 g/mol. The second kappa shape index (κ2) is 6.96. The summed E-state index contributed by atoms with van der Waals surface area (Å²) in [5, 5.41) is 0. The number of aromatic nitrogens is 1. The summed E-state index contributed by atoms with van der Waals surface area (Å²) in [6.07, 6.45) is 4.74. The van der Waals surface area contributed by atoms with Crippen LogP contribution in [0.5, 0.6) is 0 Å². The number of carbonyl (C=O) groups is 2. The zero-order valence-corrected chi connectivity index (χ0v) is 15.6. The predicted octanol–water partition coefficient (Wildman–Crippen LogP) is 3.37. The van der Waals surface area contributed by atoms with E-state index in [2.05, 4.69) is 36.6 Å². The number of thiophene rings is 1. The molecule has 0 saturated carbocycles. The Hall–Kier alpha value is -2.21. The Morgan fingerprint density at radius 1 is 1.20 bits per heavy atom. The number of hydrogen-bond donors (Lipinski definition) is 2. The maximum atomic E-state index is 12.3. The van der Waals surface area contributed by atoms with E-state index in [0.29, 0.717) is 10.8 Å². The number of pyridine rings is 1. The van der Waals surface area contributed by atoms with Crippen molar-refractivity contribution >= 4 is 23.2 Å². The number of carbonyl (C=O) groups excluding carboxylic acids is 2. The normalized spacial score (nSPS) is 16.8. The van der Waals surface area contributed by atoms with Crippen molar-refractivity contribution in [2.24, 2.45) is 11.3 Å². The Morgan fingerprint density at radius 2 is 1.96 bits per heavy atom. The summed E-state index contributed by atoms with van der Waals surface area (Å²) in [4.78, 5) is 30.2. The number of nitrogens with one attached hydrogen (secondary N) is 2. The first-order valence-electron chi connectivity index (χ1n) is 8.48. The highest BCUT2D eigenvalue weighted by atomic mass is 32.1. The smallest absolute Gasteiger partial charge is 0.266 e. The minimum absolute atomic E-state index is 0.265. The van der Waals surface area contributed by atoms with E-state index in [1.807, 2.05) is 6.07 Å². The molecule has 1 atom stereocenters. The van der Waals surface area contributed by atoms with Crippen LogP contribution >= 0.6 is 11.3 Å². The molecule has 2 N–H and O–H groups in total. The highest BCUT2D eigenvalue weighted by Crippen LogP contribution is 2.40. The molecule has 6 heteroatoms. The fourth-order valence-corrected chi connectivity index (χ4v) is 4.21. The number of hydrazine groups is 1. The number of hydrogen-bond acceptors (Lipinski definition) is 4. The van der Waals surface area contributed by atoms with Crippen LogP contribution in [0.15, 0.2) is 30.5 Å². The van der Waals surface area contributed by atoms with Crippen LogP contribution in [0.25, 0.3) is 0 Å². The van der Waals surface area contributed by atoms with E-state index < -0.39 is 5.91 Å². The van der Waals surface area contributed by atoms with Crippen LogP contribution in [0.3, 0.4) is 0 Å². The lowest BCUT2D eigenvalue weighted by atomic mass is 9.72. The third-order valence-electron chi connectivity index (χ3n) is 4.72. The van der Waals surface area contributed by atoms with Gasteiger partial charge in [-0.1, -0.05) is 26.8 Å². The monoisotopic (exact) mass is 357 g/mol. The third-order valence-corrected chi connectivity index (χ3v) is 5.95. The molecule has 0 radical (unpaired) electrons. The molecule has 0 fully saturated rings. The molecule has 132 valence electrons. The zero-order valence-electron chi connectivity index (χ0n) is 14.8. The number of aryl methyl sites for hydroxylation is 1. The molecule has 0 bridgehead atoms. The van der Waals surface area contributed by atoms with Crippen molar-refractivity contribution in [2.75, 3.05) is 0 Å². The van der Waals surface area contributed by atoms with E-state index in [9.17, 15) is 9.59 Å². The maximum absolute atomic E-state index is 12.3. The van der Waals surface area contributed by atoms with Crippen molar-refractivity contribution in [1.29, 1.82) is 0 Å². The molecule has 0 aliphatic heterocycles. The third kappa shape index (κ3) is 4.07. The molecule has 25 heavy (non-hydrogen) atoms. The fourth-order valence-electron chi connectivity index (χ4n) is 3.11. The largest absolute Gasteiger partial charge is 0.288 e. The summed E-state index contributed by atoms with van der Waals surface area (Å²) in [6, 6.07) is 7.03. The Balaban J connectivity index is 1.63. The quantitative estimate of drug-likeness (QED) is 0.810. The Labute approximate surface area is 151 Å². The number of fused-ring (bicyclic) bond motifs is 1. The maximum Gasteiger partial charge on any atom is 0.288 e. The van der Waals surface area contributed by atoms with Crippen molar-refractivity contribution in [2.45, 2.75) is 40.0 Å². The zero-order chi connectivity index (χ0) is 18.0. The van der Waals surface area contributed by atoms with Gasteiger partial charge in [0.15, 0.2) is 0 Å². The molecule has 0 spiro atoms. The molecule has 1 aliphatic rings. The van der Waals surface area contributed by atoms with Crippen LogP contribution in [-0.4, -0.2) is 16.8 Å². The summed E-state index contributed by atoms with van der Waals surface area (Å²) in [6.45, 7) is 6.82. The van der Waals surface area contributed by atoms with Gasteiger partial charge in [-0.3, -0.25) is 25.4 Å². The van der Waals surface area contributed by atoms with Crippen molar-refractivity contribution in [3.8, 4) is 0 Å². The van der Waals surface area contributed by atoms with E-state index >= 15 is 0 Å². The minimum Gasteiger partial charge on any atom is -0.266 e. The summed E-state index contributed by atoms with van der Waals surface area (Å²) < 4.78 is 0. The molecular formula is C19H23N3O2S. The standard InChI is InChI=1S/C19H23N3O2S/c1-19(2,3)13-7-8-15-12(10-13)11-16(25-15)18(24)22-21-17(23)14-6-4-5-9-20-14/h4-6,9,11,13H,7-8,10H2,1-3H3,(H,21,23)(H,22,24)/t13-/m0/s1. The summed E-state index contributed by atoms with van der Waals surface area (Å²) in [5.74, 6) is -0.0755. The molecule has 5 nitrogen and oxygen atoms in total. The van der Waals surface area contributed by atoms with Crippen molar-refractivity contribution in [3.63, 3.8) is 0 Å².